The van der Waals surface area contributed by atoms with Gasteiger partial charge in [-0.1, -0.05) is 23.2 Å². The Hall–Kier alpha value is -1.36. The van der Waals surface area contributed by atoms with Crippen LogP contribution in [-0.2, 0) is 0 Å². The second-order valence-electron chi connectivity index (χ2n) is 4.46. The molecule has 3 aromatic rings. The summed E-state index contributed by atoms with van der Waals surface area (Å²) in [6.45, 7) is 0. The molecule has 0 radical (unpaired) electrons. The van der Waals surface area contributed by atoms with Gasteiger partial charge < -0.3 is 5.73 Å². The zero-order chi connectivity index (χ0) is 16.7. The second kappa shape index (κ2) is 6.27. The van der Waals surface area contributed by atoms with Crippen LogP contribution in [0.5, 0.6) is 0 Å². The van der Waals surface area contributed by atoms with Gasteiger partial charge in [0.2, 0.25) is 0 Å². The number of carbonyl (C=O) groups excluding carboxylic acids is 1. The van der Waals surface area contributed by atoms with Crippen LogP contribution in [0.2, 0.25) is 10.0 Å². The predicted molar refractivity (Wildman–Crippen MR) is 101 cm³/mol. The molecule has 0 saturated heterocycles. The van der Waals surface area contributed by atoms with Crippen LogP contribution in [0.25, 0.3) is 16.0 Å². The van der Waals surface area contributed by atoms with E-state index in [0.717, 1.165) is 11.3 Å². The minimum Gasteiger partial charge on any atom is -0.379 e. The van der Waals surface area contributed by atoms with Crippen LogP contribution in [-0.4, -0.2) is 15.5 Å². The fourth-order valence-electron chi connectivity index (χ4n) is 2.05. The lowest BCUT2D eigenvalue weighted by Gasteiger charge is -2.10. The Bertz CT molecular complexity index is 1000. The molecule has 2 aromatic heterocycles. The number of nitrogen functional groups attached to an aromatic ring is 1. The first-order valence-corrected chi connectivity index (χ1v) is 8.76. The number of rotatable bonds is 2. The number of hydrogen-bond donors (Lipinski definition) is 2. The van der Waals surface area contributed by atoms with Gasteiger partial charge in [0.05, 0.1) is 44.0 Å². The van der Waals surface area contributed by atoms with Gasteiger partial charge >= 0.3 is 0 Å². The van der Waals surface area contributed by atoms with Crippen LogP contribution in [0.15, 0.2) is 29.1 Å². The average Bonchev–Trinajstić information content (AvgIpc) is 2.92. The van der Waals surface area contributed by atoms with E-state index in [0.29, 0.717) is 25.9 Å². The Labute approximate surface area is 157 Å². The molecule has 1 aromatic carbocycles. The van der Waals surface area contributed by atoms with Crippen LogP contribution in [0.1, 0.15) is 9.67 Å². The third kappa shape index (κ3) is 2.91. The number of nitrogens with one attached hydrogen (secondary N) is 1. The summed E-state index contributed by atoms with van der Waals surface area (Å²) in [5.41, 5.74) is 6.07. The zero-order valence-electron chi connectivity index (χ0n) is 11.1. The molecule has 1 amide bonds. The van der Waals surface area contributed by atoms with Gasteiger partial charge in [0.1, 0.15) is 4.83 Å². The lowest BCUT2D eigenvalue weighted by molar-refractivity contribution is 0.0993. The van der Waals surface area contributed by atoms with Crippen molar-refractivity contribution < 1.29 is 4.79 Å². The molecule has 10 heteroatoms. The van der Waals surface area contributed by atoms with E-state index in [1.807, 2.05) is 0 Å². The number of nitrogens with zero attached hydrogens (tertiary/aromatic N) is 2. The smallest absolute Gasteiger partial charge is 0.298 e. The maximum Gasteiger partial charge on any atom is 0.298 e. The Morgan fingerprint density at radius 2 is 2.09 bits per heavy atom. The number of hydrogen-bond acceptors (Lipinski definition) is 5. The van der Waals surface area contributed by atoms with Gasteiger partial charge in [-0.25, -0.2) is 4.98 Å². The fraction of sp³-hybridized carbons (Fsp3) is 0. The molecule has 23 heavy (non-hydrogen) atoms. The van der Waals surface area contributed by atoms with Crippen molar-refractivity contribution in [1.82, 2.24) is 13.1 Å². The highest BCUT2D eigenvalue weighted by Crippen LogP contribution is 2.29. The molecule has 0 saturated carbocycles. The molecule has 0 unspecified atom stereocenters. The topological polar surface area (TPSA) is 90.0 Å². The normalized spacial score (nSPS) is 10.9. The average molecular weight is 481 g/mol. The molecule has 3 N–H and O–H groups in total. The van der Waals surface area contributed by atoms with Gasteiger partial charge in [-0.3, -0.25) is 17.7 Å². The van der Waals surface area contributed by atoms with Crippen molar-refractivity contribution in [2.24, 2.45) is 0 Å². The molecular weight excluding hydrogens is 474 g/mol. The first kappa shape index (κ1) is 16.5. The summed E-state index contributed by atoms with van der Waals surface area (Å²) < 4.78 is 3.83. The molecule has 0 atom stereocenters. The summed E-state index contributed by atoms with van der Waals surface area (Å²) in [7, 11) is 0. The van der Waals surface area contributed by atoms with Crippen molar-refractivity contribution >= 4 is 79.5 Å². The van der Waals surface area contributed by atoms with Crippen LogP contribution >= 0.6 is 57.4 Å². The van der Waals surface area contributed by atoms with Gasteiger partial charge in [-0.2, -0.15) is 0 Å². The lowest BCUT2D eigenvalue weighted by Crippen LogP contribution is -2.23. The van der Waals surface area contributed by atoms with Crippen molar-refractivity contribution in [2.45, 2.75) is 0 Å². The monoisotopic (exact) mass is 480 g/mol. The van der Waals surface area contributed by atoms with E-state index in [2.05, 4.69) is 8.51 Å². The van der Waals surface area contributed by atoms with Crippen LogP contribution in [0.3, 0.4) is 0 Å². The van der Waals surface area contributed by atoms with Gasteiger partial charge in [0, 0.05) is 5.02 Å². The summed E-state index contributed by atoms with van der Waals surface area (Å²) >= 11 is 15.0. The number of nitrogens with two attached hydrogens (primary N) is 1. The Balaban J connectivity index is 2.38. The van der Waals surface area contributed by atoms with Gasteiger partial charge in [-0.05, 0) is 24.3 Å². The van der Waals surface area contributed by atoms with E-state index < -0.39 is 5.56 Å². The lowest BCUT2D eigenvalue weighted by atomic mass is 10.3. The van der Waals surface area contributed by atoms with E-state index in [1.165, 1.54) is 10.6 Å². The molecular formula is C13H7Cl2IN4O2S. The van der Waals surface area contributed by atoms with Crippen LogP contribution < -0.4 is 14.8 Å². The van der Waals surface area contributed by atoms with Crippen LogP contribution in [0.4, 0.5) is 5.82 Å². The standard InChI is InChI=1S/C13H7Cl2IN4O2S/c14-5-1-2-7(6(15)3-5)20-8-4-9(11(21)19-16)23-12(8)18-10(17)13(20)22/h1-4H,(H2,17,18)(H,19,21). The minimum absolute atomic E-state index is 0.174. The quantitative estimate of drug-likeness (QED) is 0.434. The van der Waals surface area contributed by atoms with Crippen molar-refractivity contribution in [2.75, 3.05) is 5.73 Å². The maximum absolute atomic E-state index is 12.5. The van der Waals surface area contributed by atoms with E-state index in [1.54, 1.807) is 41.1 Å². The number of halogens is 3. The number of carbonyl (C=O) groups is 1. The summed E-state index contributed by atoms with van der Waals surface area (Å²) in [6.07, 6.45) is 0. The third-order valence-corrected chi connectivity index (χ3v) is 5.08. The summed E-state index contributed by atoms with van der Waals surface area (Å²) in [6, 6.07) is 6.33. The molecule has 6 nitrogen and oxygen atoms in total. The van der Waals surface area contributed by atoms with E-state index in [4.69, 9.17) is 28.9 Å². The largest absolute Gasteiger partial charge is 0.379 e. The van der Waals surface area contributed by atoms with Crippen molar-refractivity contribution in [3.8, 4) is 5.69 Å². The molecule has 0 fully saturated rings. The summed E-state index contributed by atoms with van der Waals surface area (Å²) in [5.74, 6) is -0.458. The van der Waals surface area contributed by atoms with Crippen LogP contribution in [0, 0.1) is 0 Å². The molecule has 0 bridgehead atoms. The number of anilines is 1. The highest BCUT2D eigenvalue weighted by molar-refractivity contribution is 14.1. The Morgan fingerprint density at radius 3 is 2.74 bits per heavy atom. The Morgan fingerprint density at radius 1 is 1.35 bits per heavy atom. The number of thiophene rings is 1. The van der Waals surface area contributed by atoms with E-state index in [9.17, 15) is 9.59 Å². The minimum atomic E-state index is -0.513. The number of aromatic nitrogens is 2. The first-order valence-electron chi connectivity index (χ1n) is 6.11. The summed E-state index contributed by atoms with van der Waals surface area (Å²) in [5, 5.41) is 0.734. The fourth-order valence-corrected chi connectivity index (χ4v) is 3.94. The summed E-state index contributed by atoms with van der Waals surface area (Å²) in [4.78, 5) is 29.2. The molecule has 0 spiro atoms. The molecule has 118 valence electrons. The second-order valence-corrected chi connectivity index (χ2v) is 6.87. The Kier molecular flexibility index (Phi) is 4.50. The molecule has 0 aliphatic rings. The maximum atomic E-state index is 12.5. The molecule has 0 aliphatic heterocycles. The van der Waals surface area contributed by atoms with Crippen molar-refractivity contribution in [3.05, 3.63) is 49.5 Å². The SMILES string of the molecule is Nc1nc2sc(C(=O)NI)cc2n(-c2ccc(Cl)cc2Cl)c1=O. The predicted octanol–water partition coefficient (Wildman–Crippen LogP) is 3.42. The van der Waals surface area contributed by atoms with E-state index in [-0.39, 0.29) is 16.7 Å². The number of benzene rings is 1. The molecule has 2 heterocycles. The van der Waals surface area contributed by atoms with Gasteiger partial charge in [-0.15, -0.1) is 11.3 Å². The third-order valence-electron chi connectivity index (χ3n) is 3.04. The van der Waals surface area contributed by atoms with Crippen molar-refractivity contribution in [1.29, 1.82) is 0 Å². The molecule has 0 aliphatic carbocycles. The molecule has 3 rings (SSSR count). The number of fused-ring (bicyclic) bond motifs is 1. The number of amides is 1. The highest BCUT2D eigenvalue weighted by Gasteiger charge is 2.18. The highest BCUT2D eigenvalue weighted by atomic mass is 127. The zero-order valence-corrected chi connectivity index (χ0v) is 15.6. The first-order chi connectivity index (χ1) is 10.9. The van der Waals surface area contributed by atoms with Crippen molar-refractivity contribution in [3.63, 3.8) is 0 Å². The van der Waals surface area contributed by atoms with Gasteiger partial charge in [0.25, 0.3) is 11.5 Å². The van der Waals surface area contributed by atoms with E-state index >= 15 is 0 Å². The van der Waals surface area contributed by atoms with Gasteiger partial charge in [0.15, 0.2) is 5.82 Å².